The van der Waals surface area contributed by atoms with Gasteiger partial charge in [-0.25, -0.2) is 0 Å². The van der Waals surface area contributed by atoms with Crippen molar-refractivity contribution in [3.63, 3.8) is 0 Å². The summed E-state index contributed by atoms with van der Waals surface area (Å²) >= 11 is 5.64. The molecule has 3 aromatic carbocycles. The molecule has 29 heavy (non-hydrogen) atoms. The lowest BCUT2D eigenvalue weighted by Crippen LogP contribution is -2.33. The smallest absolute Gasteiger partial charge is 0.171 e. The maximum absolute atomic E-state index is 5.66. The van der Waals surface area contributed by atoms with Crippen molar-refractivity contribution in [2.75, 3.05) is 18.5 Å². The van der Waals surface area contributed by atoms with Crippen molar-refractivity contribution in [2.24, 2.45) is 0 Å². The number of nitrogens with one attached hydrogen (secondary N) is 2. The Bertz CT molecular complexity index is 1020. The van der Waals surface area contributed by atoms with Crippen LogP contribution in [0, 0.1) is 13.8 Å². The Morgan fingerprint density at radius 1 is 0.897 bits per heavy atom. The van der Waals surface area contributed by atoms with Crippen LogP contribution in [0.4, 0.5) is 5.69 Å². The number of rotatable bonds is 4. The minimum atomic E-state index is -0.0472. The van der Waals surface area contributed by atoms with E-state index in [4.69, 9.17) is 21.7 Å². The molecule has 0 unspecified atom stereocenters. The Morgan fingerprint density at radius 3 is 2.41 bits per heavy atom. The summed E-state index contributed by atoms with van der Waals surface area (Å²) in [5.41, 5.74) is 5.70. The highest BCUT2D eigenvalue weighted by molar-refractivity contribution is 7.80. The molecule has 4 nitrogen and oxygen atoms in total. The highest BCUT2D eigenvalue weighted by atomic mass is 32.1. The second-order valence-electron chi connectivity index (χ2n) is 7.16. The van der Waals surface area contributed by atoms with E-state index in [2.05, 4.69) is 54.8 Å². The minimum absolute atomic E-state index is 0.0472. The molecule has 1 aliphatic rings. The third kappa shape index (κ3) is 4.51. The highest BCUT2D eigenvalue weighted by Crippen LogP contribution is 2.33. The maximum atomic E-state index is 5.66. The summed E-state index contributed by atoms with van der Waals surface area (Å²) in [6, 6.07) is 22.6. The van der Waals surface area contributed by atoms with Gasteiger partial charge in [0.25, 0.3) is 0 Å². The minimum Gasteiger partial charge on any atom is -0.486 e. The normalized spacial score (nSPS) is 13.4. The summed E-state index contributed by atoms with van der Waals surface area (Å²) in [4.78, 5) is 0. The number of hydrogen-bond donors (Lipinski definition) is 2. The second-order valence-corrected chi connectivity index (χ2v) is 7.57. The van der Waals surface area contributed by atoms with Crippen molar-refractivity contribution in [2.45, 2.75) is 19.9 Å². The first-order valence-corrected chi connectivity index (χ1v) is 10.1. The average molecular weight is 405 g/mol. The van der Waals surface area contributed by atoms with E-state index in [1.54, 1.807) is 0 Å². The van der Waals surface area contributed by atoms with Crippen molar-refractivity contribution >= 4 is 23.0 Å². The van der Waals surface area contributed by atoms with Gasteiger partial charge in [0.2, 0.25) is 0 Å². The van der Waals surface area contributed by atoms with Crippen molar-refractivity contribution in [1.82, 2.24) is 5.32 Å². The first-order chi connectivity index (χ1) is 14.1. The molecule has 0 fully saturated rings. The molecule has 0 amide bonds. The fourth-order valence-corrected chi connectivity index (χ4v) is 3.79. The molecule has 0 spiro atoms. The molecule has 148 valence electrons. The van der Waals surface area contributed by atoms with Gasteiger partial charge in [0.05, 0.1) is 6.04 Å². The fourth-order valence-electron chi connectivity index (χ4n) is 3.56. The molecular formula is C24H24N2O2S. The van der Waals surface area contributed by atoms with Crippen LogP contribution in [0.2, 0.25) is 0 Å². The number of benzene rings is 3. The number of aryl methyl sites for hydroxylation is 2. The molecule has 0 radical (unpaired) electrons. The molecule has 0 aromatic heterocycles. The summed E-state index contributed by atoms with van der Waals surface area (Å²) in [5, 5.41) is 7.32. The molecule has 4 rings (SSSR count). The lowest BCUT2D eigenvalue weighted by Gasteiger charge is -2.24. The Kier molecular flexibility index (Phi) is 5.67. The summed E-state index contributed by atoms with van der Waals surface area (Å²) in [6.45, 7) is 5.38. The number of thiocarbonyl (C=S) groups is 1. The van der Waals surface area contributed by atoms with Crippen LogP contribution < -0.4 is 20.1 Å². The lowest BCUT2D eigenvalue weighted by atomic mass is 9.94. The molecule has 0 saturated carbocycles. The zero-order valence-corrected chi connectivity index (χ0v) is 17.4. The lowest BCUT2D eigenvalue weighted by molar-refractivity contribution is 0.171. The van der Waals surface area contributed by atoms with Crippen molar-refractivity contribution in [3.05, 3.63) is 89.0 Å². The largest absolute Gasteiger partial charge is 0.486 e. The van der Waals surface area contributed by atoms with E-state index in [1.165, 1.54) is 16.7 Å². The third-order valence-corrected chi connectivity index (χ3v) is 5.16. The molecule has 1 atom stereocenters. The van der Waals surface area contributed by atoms with Crippen molar-refractivity contribution in [3.8, 4) is 11.5 Å². The van der Waals surface area contributed by atoms with E-state index in [0.717, 1.165) is 22.7 Å². The van der Waals surface area contributed by atoms with Crippen LogP contribution in [-0.4, -0.2) is 18.3 Å². The van der Waals surface area contributed by atoms with Crippen LogP contribution >= 0.6 is 12.2 Å². The van der Waals surface area contributed by atoms with Gasteiger partial charge < -0.3 is 20.1 Å². The summed E-state index contributed by atoms with van der Waals surface area (Å²) in [7, 11) is 0. The zero-order valence-electron chi connectivity index (χ0n) is 16.6. The second kappa shape index (κ2) is 8.53. The van der Waals surface area contributed by atoms with Gasteiger partial charge in [-0.1, -0.05) is 54.1 Å². The molecule has 1 aliphatic heterocycles. The molecule has 2 N–H and O–H groups in total. The number of ether oxygens (including phenoxy) is 2. The van der Waals surface area contributed by atoms with Crippen LogP contribution in [0.15, 0.2) is 66.7 Å². The molecular weight excluding hydrogens is 380 g/mol. The predicted molar refractivity (Wildman–Crippen MR) is 121 cm³/mol. The molecule has 1 heterocycles. The Labute approximate surface area is 176 Å². The van der Waals surface area contributed by atoms with E-state index >= 15 is 0 Å². The van der Waals surface area contributed by atoms with Gasteiger partial charge in [-0.2, -0.15) is 0 Å². The average Bonchev–Trinajstić information content (AvgIpc) is 2.73. The molecule has 5 heteroatoms. The van der Waals surface area contributed by atoms with Gasteiger partial charge in [0, 0.05) is 11.8 Å². The summed E-state index contributed by atoms with van der Waals surface area (Å²) in [5.74, 6) is 1.50. The number of hydrogen-bond acceptors (Lipinski definition) is 3. The number of fused-ring (bicyclic) bond motifs is 1. The van der Waals surface area contributed by atoms with Crippen LogP contribution in [-0.2, 0) is 0 Å². The van der Waals surface area contributed by atoms with E-state index in [-0.39, 0.29) is 6.04 Å². The predicted octanol–water partition coefficient (Wildman–Crippen LogP) is 5.15. The quantitative estimate of drug-likeness (QED) is 0.589. The Morgan fingerprint density at radius 2 is 1.66 bits per heavy atom. The van der Waals surface area contributed by atoms with Gasteiger partial charge >= 0.3 is 0 Å². The monoisotopic (exact) mass is 404 g/mol. The van der Waals surface area contributed by atoms with E-state index in [1.807, 2.05) is 36.4 Å². The first-order valence-electron chi connectivity index (χ1n) is 9.69. The Hall–Kier alpha value is -3.05. The molecule has 0 bridgehead atoms. The van der Waals surface area contributed by atoms with E-state index in [9.17, 15) is 0 Å². The molecule has 0 saturated heterocycles. The number of anilines is 1. The highest BCUT2D eigenvalue weighted by Gasteiger charge is 2.18. The van der Waals surface area contributed by atoms with Crippen LogP contribution in [0.5, 0.6) is 11.5 Å². The topological polar surface area (TPSA) is 42.5 Å². The van der Waals surface area contributed by atoms with Gasteiger partial charge in [0.1, 0.15) is 13.2 Å². The van der Waals surface area contributed by atoms with E-state index in [0.29, 0.717) is 18.3 Å². The van der Waals surface area contributed by atoms with Gasteiger partial charge in [-0.05, 0) is 54.9 Å². The summed E-state index contributed by atoms with van der Waals surface area (Å²) in [6.07, 6.45) is 0. The third-order valence-electron chi connectivity index (χ3n) is 4.94. The van der Waals surface area contributed by atoms with Crippen LogP contribution in [0.1, 0.15) is 28.3 Å². The first kappa shape index (κ1) is 19.3. The SMILES string of the molecule is Cc1ccc([C@@H](NC(=S)Nc2ccc3c(c2)OCCO3)c2ccccc2)c(C)c1. The zero-order chi connectivity index (χ0) is 20.2. The van der Waals surface area contributed by atoms with Crippen molar-refractivity contribution in [1.29, 1.82) is 0 Å². The van der Waals surface area contributed by atoms with Crippen LogP contribution in [0.3, 0.4) is 0 Å². The standard InChI is InChI=1S/C24H24N2O2S/c1-16-8-10-20(17(2)14-16)23(18-6-4-3-5-7-18)26-24(29)25-19-9-11-21-22(15-19)28-13-12-27-21/h3-11,14-15,23H,12-13H2,1-2H3,(H2,25,26,29)/t23-/m0/s1. The van der Waals surface area contributed by atoms with Crippen LogP contribution in [0.25, 0.3) is 0 Å². The fraction of sp³-hybridized carbons (Fsp3) is 0.208. The van der Waals surface area contributed by atoms with E-state index < -0.39 is 0 Å². The molecule has 3 aromatic rings. The molecule has 0 aliphatic carbocycles. The maximum Gasteiger partial charge on any atom is 0.171 e. The Balaban J connectivity index is 1.57. The van der Waals surface area contributed by atoms with Gasteiger partial charge in [-0.15, -0.1) is 0 Å². The van der Waals surface area contributed by atoms with Gasteiger partial charge in [-0.3, -0.25) is 0 Å². The summed E-state index contributed by atoms with van der Waals surface area (Å²) < 4.78 is 11.2. The van der Waals surface area contributed by atoms with Crippen molar-refractivity contribution < 1.29 is 9.47 Å². The van der Waals surface area contributed by atoms with Gasteiger partial charge in [0.15, 0.2) is 16.6 Å².